The summed E-state index contributed by atoms with van der Waals surface area (Å²) < 4.78 is 8.21. The Morgan fingerprint density at radius 2 is 2.27 bits per heavy atom. The lowest BCUT2D eigenvalue weighted by Gasteiger charge is -1.91. The third-order valence-electron chi connectivity index (χ3n) is 1.01. The zero-order valence-electron chi connectivity index (χ0n) is 5.24. The van der Waals surface area contributed by atoms with Crippen LogP contribution in [-0.2, 0) is 4.29 Å². The standard InChI is InChI=1S/C6H3ClO4/c7-11-6(9)4-1-2-5(8)10-3-4/h1-3H. The molecule has 0 aliphatic rings. The first-order valence-corrected chi connectivity index (χ1v) is 2.96. The highest BCUT2D eigenvalue weighted by Crippen LogP contribution is 1.99. The van der Waals surface area contributed by atoms with Crippen LogP contribution in [0.2, 0.25) is 0 Å². The maximum atomic E-state index is 10.6. The molecule has 0 radical (unpaired) electrons. The predicted octanol–water partition coefficient (Wildman–Crippen LogP) is 0.950. The van der Waals surface area contributed by atoms with Gasteiger partial charge in [0.25, 0.3) is 0 Å². The number of carbonyl (C=O) groups excluding carboxylic acids is 1. The van der Waals surface area contributed by atoms with E-state index in [1.165, 1.54) is 6.07 Å². The molecule has 0 unspecified atom stereocenters. The Bertz CT molecular complexity index is 296. The molecule has 0 atom stereocenters. The molecule has 0 N–H and O–H groups in total. The summed E-state index contributed by atoms with van der Waals surface area (Å²) in [5, 5.41) is 0. The molecule has 0 amide bonds. The Labute approximate surface area is 66.5 Å². The molecule has 0 aliphatic carbocycles. The predicted molar refractivity (Wildman–Crippen MR) is 36.2 cm³/mol. The van der Waals surface area contributed by atoms with E-state index < -0.39 is 11.6 Å². The fraction of sp³-hybridized carbons (Fsp3) is 0. The van der Waals surface area contributed by atoms with Crippen molar-refractivity contribution in [2.45, 2.75) is 0 Å². The molecule has 58 valence electrons. The van der Waals surface area contributed by atoms with Crippen LogP contribution in [0.25, 0.3) is 0 Å². The average molecular weight is 175 g/mol. The van der Waals surface area contributed by atoms with Gasteiger partial charge in [0.15, 0.2) is 0 Å². The van der Waals surface area contributed by atoms with E-state index in [-0.39, 0.29) is 5.56 Å². The second-order valence-corrected chi connectivity index (χ2v) is 1.86. The van der Waals surface area contributed by atoms with E-state index >= 15 is 0 Å². The number of carbonyl (C=O) groups is 1. The summed E-state index contributed by atoms with van der Waals surface area (Å²) >= 11 is 4.76. The zero-order valence-corrected chi connectivity index (χ0v) is 6.00. The average Bonchev–Trinajstić information content (AvgIpc) is 2.05. The second kappa shape index (κ2) is 3.21. The fourth-order valence-electron chi connectivity index (χ4n) is 0.519. The monoisotopic (exact) mass is 174 g/mol. The molecule has 4 nitrogen and oxygen atoms in total. The van der Waals surface area contributed by atoms with Crippen LogP contribution >= 0.6 is 11.9 Å². The molecular weight excluding hydrogens is 172 g/mol. The molecule has 0 spiro atoms. The second-order valence-electron chi connectivity index (χ2n) is 1.71. The molecule has 1 heterocycles. The number of hydrogen-bond donors (Lipinski definition) is 0. The fourth-order valence-corrected chi connectivity index (χ4v) is 0.608. The van der Waals surface area contributed by atoms with Gasteiger partial charge in [-0.3, -0.25) is 0 Å². The van der Waals surface area contributed by atoms with Gasteiger partial charge in [-0.15, -0.1) is 0 Å². The highest BCUT2D eigenvalue weighted by Gasteiger charge is 2.05. The van der Waals surface area contributed by atoms with Crippen molar-refractivity contribution in [1.82, 2.24) is 0 Å². The van der Waals surface area contributed by atoms with Crippen molar-refractivity contribution >= 4 is 17.8 Å². The van der Waals surface area contributed by atoms with Crippen molar-refractivity contribution < 1.29 is 13.5 Å². The Kier molecular flexibility index (Phi) is 2.28. The first-order chi connectivity index (χ1) is 5.24. The van der Waals surface area contributed by atoms with Gasteiger partial charge in [0.05, 0.1) is 5.56 Å². The third-order valence-corrected chi connectivity index (χ3v) is 1.15. The first-order valence-electron chi connectivity index (χ1n) is 2.66. The molecule has 0 aromatic carbocycles. The van der Waals surface area contributed by atoms with Crippen LogP contribution in [0.1, 0.15) is 10.4 Å². The van der Waals surface area contributed by atoms with Crippen LogP contribution in [0.15, 0.2) is 27.6 Å². The molecule has 0 aliphatic heterocycles. The number of hydrogen-bond acceptors (Lipinski definition) is 4. The lowest BCUT2D eigenvalue weighted by molar-refractivity contribution is 0.0748. The summed E-state index contributed by atoms with van der Waals surface area (Å²) in [6.07, 6.45) is 0.979. The Morgan fingerprint density at radius 3 is 2.73 bits per heavy atom. The summed E-state index contributed by atoms with van der Waals surface area (Å²) in [6, 6.07) is 2.36. The van der Waals surface area contributed by atoms with E-state index in [4.69, 9.17) is 11.9 Å². The minimum absolute atomic E-state index is 0.0969. The minimum atomic E-state index is -0.754. The van der Waals surface area contributed by atoms with Gasteiger partial charge in [0.1, 0.15) is 18.1 Å². The van der Waals surface area contributed by atoms with Gasteiger partial charge in [-0.05, 0) is 6.07 Å². The van der Waals surface area contributed by atoms with Crippen molar-refractivity contribution in [3.05, 3.63) is 34.4 Å². The molecule has 0 fully saturated rings. The van der Waals surface area contributed by atoms with Crippen molar-refractivity contribution in [2.75, 3.05) is 0 Å². The third kappa shape index (κ3) is 1.81. The number of halogens is 1. The molecule has 11 heavy (non-hydrogen) atoms. The minimum Gasteiger partial charge on any atom is -0.430 e. The van der Waals surface area contributed by atoms with Crippen molar-refractivity contribution in [2.24, 2.45) is 0 Å². The summed E-state index contributed by atoms with van der Waals surface area (Å²) in [5.74, 6) is -0.754. The van der Waals surface area contributed by atoms with Gasteiger partial charge < -0.3 is 8.71 Å². The summed E-state index contributed by atoms with van der Waals surface area (Å²) in [6.45, 7) is 0. The van der Waals surface area contributed by atoms with E-state index in [0.717, 1.165) is 12.3 Å². The zero-order chi connectivity index (χ0) is 8.27. The van der Waals surface area contributed by atoms with E-state index in [1.807, 2.05) is 0 Å². The topological polar surface area (TPSA) is 56.5 Å². The van der Waals surface area contributed by atoms with Crippen molar-refractivity contribution in [3.8, 4) is 0 Å². The summed E-state index contributed by atoms with van der Waals surface area (Å²) in [5.41, 5.74) is -0.435. The van der Waals surface area contributed by atoms with E-state index in [2.05, 4.69) is 8.71 Å². The van der Waals surface area contributed by atoms with Gasteiger partial charge >= 0.3 is 11.6 Å². The molecule has 5 heteroatoms. The highest BCUT2D eigenvalue weighted by atomic mass is 35.5. The van der Waals surface area contributed by atoms with Gasteiger partial charge in [-0.2, -0.15) is 0 Å². The maximum Gasteiger partial charge on any atom is 0.359 e. The molecule has 1 rings (SSSR count). The van der Waals surface area contributed by atoms with Crippen LogP contribution in [0.4, 0.5) is 0 Å². The van der Waals surface area contributed by atoms with Crippen LogP contribution in [0, 0.1) is 0 Å². The Morgan fingerprint density at radius 1 is 1.55 bits per heavy atom. The summed E-state index contributed by atoms with van der Waals surface area (Å²) in [4.78, 5) is 21.0. The normalized spacial score (nSPS) is 9.18. The van der Waals surface area contributed by atoms with Crippen LogP contribution in [0.3, 0.4) is 0 Å². The lowest BCUT2D eigenvalue weighted by Crippen LogP contribution is -2.01. The van der Waals surface area contributed by atoms with E-state index in [0.29, 0.717) is 0 Å². The van der Waals surface area contributed by atoms with Crippen molar-refractivity contribution in [3.63, 3.8) is 0 Å². The van der Waals surface area contributed by atoms with Gasteiger partial charge in [-0.1, -0.05) is 0 Å². The quantitative estimate of drug-likeness (QED) is 0.636. The van der Waals surface area contributed by atoms with Gasteiger partial charge in [0.2, 0.25) is 0 Å². The molecule has 0 saturated heterocycles. The lowest BCUT2D eigenvalue weighted by atomic mass is 10.3. The number of rotatable bonds is 1. The van der Waals surface area contributed by atoms with Crippen LogP contribution < -0.4 is 5.63 Å². The molecule has 1 aromatic rings. The van der Waals surface area contributed by atoms with Crippen molar-refractivity contribution in [1.29, 1.82) is 0 Å². The smallest absolute Gasteiger partial charge is 0.359 e. The largest absolute Gasteiger partial charge is 0.430 e. The van der Waals surface area contributed by atoms with Gasteiger partial charge in [0, 0.05) is 6.07 Å². The molecule has 1 aromatic heterocycles. The first kappa shape index (κ1) is 7.81. The highest BCUT2D eigenvalue weighted by molar-refractivity contribution is 6.15. The molecule has 0 bridgehead atoms. The maximum absolute atomic E-state index is 10.6. The molecular formula is C6H3ClO4. The Balaban J connectivity index is 2.99. The van der Waals surface area contributed by atoms with Crippen LogP contribution in [0.5, 0.6) is 0 Å². The molecule has 0 saturated carbocycles. The SMILES string of the molecule is O=C(OCl)c1ccc(=O)oc1. The van der Waals surface area contributed by atoms with Crippen LogP contribution in [-0.4, -0.2) is 5.97 Å². The van der Waals surface area contributed by atoms with E-state index in [1.54, 1.807) is 0 Å². The van der Waals surface area contributed by atoms with E-state index in [9.17, 15) is 9.59 Å². The summed E-state index contributed by atoms with van der Waals surface area (Å²) in [7, 11) is 0. The Hall–Kier alpha value is -1.29. The van der Waals surface area contributed by atoms with Gasteiger partial charge in [-0.25, -0.2) is 9.59 Å².